The molecule has 1 N–H and O–H groups in total. The summed E-state index contributed by atoms with van der Waals surface area (Å²) in [6.07, 6.45) is 0. The van der Waals surface area contributed by atoms with Crippen molar-refractivity contribution < 1.29 is 9.90 Å². The predicted molar refractivity (Wildman–Crippen MR) is 89.0 cm³/mol. The van der Waals surface area contributed by atoms with Gasteiger partial charge in [-0.25, -0.2) is 4.79 Å². The number of carboxylic acid groups (broad SMARTS) is 1. The lowest BCUT2D eigenvalue weighted by Gasteiger charge is -2.13. The summed E-state index contributed by atoms with van der Waals surface area (Å²) in [4.78, 5) is 11.5. The molecule has 3 rings (SSSR count). The fraction of sp³-hybridized carbons (Fsp3) is 0. The molecule has 3 nitrogen and oxygen atoms in total. The standard InChI is InChI=1S/C20H13NO2/c21-13-14-7-1-2-8-15(14)16-9-3-4-10-17(16)18-11-5-6-12-19(18)20(22)23/h1-12H,(H,22,23). The molecule has 0 aliphatic heterocycles. The van der Waals surface area contributed by atoms with Gasteiger partial charge >= 0.3 is 5.97 Å². The highest BCUT2D eigenvalue weighted by Gasteiger charge is 2.15. The second-order valence-corrected chi connectivity index (χ2v) is 5.05. The molecule has 3 aromatic carbocycles. The van der Waals surface area contributed by atoms with Crippen LogP contribution in [-0.4, -0.2) is 11.1 Å². The van der Waals surface area contributed by atoms with E-state index in [0.29, 0.717) is 11.1 Å². The van der Waals surface area contributed by atoms with Crippen LogP contribution in [0, 0.1) is 11.3 Å². The molecule has 23 heavy (non-hydrogen) atoms. The first-order valence-electron chi connectivity index (χ1n) is 7.13. The van der Waals surface area contributed by atoms with Crippen LogP contribution < -0.4 is 0 Å². The average Bonchev–Trinajstić information content (AvgIpc) is 2.61. The van der Waals surface area contributed by atoms with Gasteiger partial charge in [-0.1, -0.05) is 60.7 Å². The number of hydrogen-bond acceptors (Lipinski definition) is 2. The summed E-state index contributed by atoms with van der Waals surface area (Å²) >= 11 is 0. The molecule has 110 valence electrons. The van der Waals surface area contributed by atoms with Crippen molar-refractivity contribution in [1.82, 2.24) is 0 Å². The quantitative estimate of drug-likeness (QED) is 0.769. The lowest BCUT2D eigenvalue weighted by molar-refractivity contribution is 0.0697. The molecular formula is C20H13NO2. The number of rotatable bonds is 3. The van der Waals surface area contributed by atoms with Crippen molar-refractivity contribution in [2.24, 2.45) is 0 Å². The smallest absolute Gasteiger partial charge is 0.336 e. The molecule has 3 heteroatoms. The summed E-state index contributed by atoms with van der Waals surface area (Å²) in [7, 11) is 0. The summed E-state index contributed by atoms with van der Waals surface area (Å²) in [6.45, 7) is 0. The fourth-order valence-corrected chi connectivity index (χ4v) is 2.67. The van der Waals surface area contributed by atoms with E-state index in [0.717, 1.165) is 16.7 Å². The molecule has 0 radical (unpaired) electrons. The number of carbonyl (C=O) groups is 1. The first kappa shape index (κ1) is 14.6. The lowest BCUT2D eigenvalue weighted by atomic mass is 9.90. The number of aromatic carboxylic acids is 1. The summed E-state index contributed by atoms with van der Waals surface area (Å²) in [6, 6.07) is 24.0. The molecule has 3 aromatic rings. The third kappa shape index (κ3) is 2.70. The van der Waals surface area contributed by atoms with Crippen LogP contribution in [0.1, 0.15) is 15.9 Å². The van der Waals surface area contributed by atoms with Crippen LogP contribution in [0.25, 0.3) is 22.3 Å². The molecule has 0 aliphatic carbocycles. The van der Waals surface area contributed by atoms with Gasteiger partial charge in [0.15, 0.2) is 0 Å². The summed E-state index contributed by atoms with van der Waals surface area (Å²) in [5.74, 6) is -0.969. The SMILES string of the molecule is N#Cc1ccccc1-c1ccccc1-c1ccccc1C(=O)O. The van der Waals surface area contributed by atoms with Crippen molar-refractivity contribution in [2.45, 2.75) is 0 Å². The molecule has 0 aromatic heterocycles. The Morgan fingerprint density at radius 1 is 0.739 bits per heavy atom. The van der Waals surface area contributed by atoms with Crippen LogP contribution >= 0.6 is 0 Å². The Balaban J connectivity index is 2.29. The largest absolute Gasteiger partial charge is 0.478 e. The predicted octanol–water partition coefficient (Wildman–Crippen LogP) is 4.59. The second kappa shape index (κ2) is 6.17. The summed E-state index contributed by atoms with van der Waals surface area (Å²) in [5, 5.41) is 18.8. The highest BCUT2D eigenvalue weighted by Crippen LogP contribution is 2.35. The third-order valence-corrected chi connectivity index (χ3v) is 3.71. The van der Waals surface area contributed by atoms with Gasteiger partial charge in [0.05, 0.1) is 17.2 Å². The van der Waals surface area contributed by atoms with E-state index in [9.17, 15) is 15.2 Å². The Morgan fingerprint density at radius 3 is 1.83 bits per heavy atom. The van der Waals surface area contributed by atoms with Gasteiger partial charge in [0.25, 0.3) is 0 Å². The zero-order valence-corrected chi connectivity index (χ0v) is 12.2. The van der Waals surface area contributed by atoms with E-state index in [-0.39, 0.29) is 5.56 Å². The maximum absolute atomic E-state index is 11.5. The van der Waals surface area contributed by atoms with Crippen LogP contribution in [0.2, 0.25) is 0 Å². The lowest BCUT2D eigenvalue weighted by Crippen LogP contribution is -2.00. The number of hydrogen-bond donors (Lipinski definition) is 1. The molecule has 0 spiro atoms. The van der Waals surface area contributed by atoms with Gasteiger partial charge < -0.3 is 5.11 Å². The van der Waals surface area contributed by atoms with Crippen LogP contribution in [0.4, 0.5) is 0 Å². The van der Waals surface area contributed by atoms with Crippen molar-refractivity contribution in [1.29, 1.82) is 5.26 Å². The Labute approximate surface area is 134 Å². The van der Waals surface area contributed by atoms with Gasteiger partial charge in [-0.15, -0.1) is 0 Å². The molecule has 0 heterocycles. The van der Waals surface area contributed by atoms with E-state index in [1.165, 1.54) is 0 Å². The Morgan fingerprint density at radius 2 is 1.22 bits per heavy atom. The summed E-state index contributed by atoms with van der Waals surface area (Å²) in [5.41, 5.74) is 3.89. The fourth-order valence-electron chi connectivity index (χ4n) is 2.67. The van der Waals surface area contributed by atoms with Crippen molar-refractivity contribution >= 4 is 5.97 Å². The van der Waals surface area contributed by atoms with E-state index >= 15 is 0 Å². The zero-order valence-electron chi connectivity index (χ0n) is 12.2. The number of benzene rings is 3. The zero-order chi connectivity index (χ0) is 16.2. The van der Waals surface area contributed by atoms with Crippen LogP contribution in [0.15, 0.2) is 72.8 Å². The summed E-state index contributed by atoms with van der Waals surface area (Å²) < 4.78 is 0. The molecule has 0 unspecified atom stereocenters. The molecular weight excluding hydrogens is 286 g/mol. The van der Waals surface area contributed by atoms with Gasteiger partial charge in [-0.3, -0.25) is 0 Å². The number of nitriles is 1. The normalized spacial score (nSPS) is 10.0. The van der Waals surface area contributed by atoms with Gasteiger partial charge in [0.1, 0.15) is 0 Å². The first-order chi connectivity index (χ1) is 11.2. The average molecular weight is 299 g/mol. The minimum Gasteiger partial charge on any atom is -0.478 e. The van der Waals surface area contributed by atoms with Gasteiger partial charge in [-0.05, 0) is 28.8 Å². The highest BCUT2D eigenvalue weighted by atomic mass is 16.4. The van der Waals surface area contributed by atoms with Crippen molar-refractivity contribution in [3.8, 4) is 28.3 Å². The number of carboxylic acids is 1. The van der Waals surface area contributed by atoms with E-state index in [2.05, 4.69) is 6.07 Å². The minimum atomic E-state index is -0.969. The van der Waals surface area contributed by atoms with Gasteiger partial charge in [-0.2, -0.15) is 5.26 Å². The maximum atomic E-state index is 11.5. The van der Waals surface area contributed by atoms with Gasteiger partial charge in [0, 0.05) is 5.56 Å². The molecule has 0 atom stereocenters. The monoisotopic (exact) mass is 299 g/mol. The van der Waals surface area contributed by atoms with Crippen LogP contribution in [0.5, 0.6) is 0 Å². The molecule has 0 amide bonds. The van der Waals surface area contributed by atoms with Crippen LogP contribution in [0.3, 0.4) is 0 Å². The van der Waals surface area contributed by atoms with Crippen molar-refractivity contribution in [3.05, 3.63) is 83.9 Å². The van der Waals surface area contributed by atoms with Crippen molar-refractivity contribution in [3.63, 3.8) is 0 Å². The van der Waals surface area contributed by atoms with E-state index in [4.69, 9.17) is 0 Å². The Bertz CT molecular complexity index is 923. The van der Waals surface area contributed by atoms with Crippen LogP contribution in [-0.2, 0) is 0 Å². The third-order valence-electron chi connectivity index (χ3n) is 3.71. The highest BCUT2D eigenvalue weighted by molar-refractivity contribution is 5.99. The molecule has 0 saturated carbocycles. The molecule has 0 fully saturated rings. The van der Waals surface area contributed by atoms with E-state index in [1.54, 1.807) is 24.3 Å². The van der Waals surface area contributed by atoms with E-state index in [1.807, 2.05) is 48.5 Å². The first-order valence-corrected chi connectivity index (χ1v) is 7.13. The molecule has 0 aliphatic rings. The Hall–Kier alpha value is -3.38. The van der Waals surface area contributed by atoms with Gasteiger partial charge in [0.2, 0.25) is 0 Å². The maximum Gasteiger partial charge on any atom is 0.336 e. The molecule has 0 bridgehead atoms. The topological polar surface area (TPSA) is 61.1 Å². The Kier molecular flexibility index (Phi) is 3.90. The van der Waals surface area contributed by atoms with Crippen molar-refractivity contribution in [2.75, 3.05) is 0 Å². The minimum absolute atomic E-state index is 0.245. The molecule has 0 saturated heterocycles. The number of nitrogens with zero attached hydrogens (tertiary/aromatic N) is 1. The second-order valence-electron chi connectivity index (χ2n) is 5.05. The van der Waals surface area contributed by atoms with E-state index < -0.39 is 5.97 Å².